The Morgan fingerprint density at radius 3 is 2.14 bits per heavy atom. The summed E-state index contributed by atoms with van der Waals surface area (Å²) in [4.78, 5) is 39.4. The third kappa shape index (κ3) is 4.58. The Balaban J connectivity index is 1.36. The molecule has 0 radical (unpaired) electrons. The Kier molecular flexibility index (Phi) is 6.16. The summed E-state index contributed by atoms with van der Waals surface area (Å²) in [6.45, 7) is 0.274. The van der Waals surface area contributed by atoms with Crippen LogP contribution >= 0.6 is 11.3 Å². The molecule has 0 N–H and O–H groups in total. The van der Waals surface area contributed by atoms with Gasteiger partial charge in [-0.1, -0.05) is 84.9 Å². The van der Waals surface area contributed by atoms with Crippen LogP contribution in [0.1, 0.15) is 20.8 Å². The van der Waals surface area contributed by atoms with E-state index in [1.165, 1.54) is 15.2 Å². The first-order valence-electron chi connectivity index (χ1n) is 11.1. The lowest BCUT2D eigenvalue weighted by molar-refractivity contribution is 0.0478. The van der Waals surface area contributed by atoms with Crippen LogP contribution in [0.25, 0.3) is 21.3 Å². The molecule has 0 bridgehead atoms. The molecule has 174 valence electrons. The summed E-state index contributed by atoms with van der Waals surface area (Å²) in [6, 6.07) is 28.7. The number of nitrogens with zero attached hydrogens (tertiary/aromatic N) is 2. The maximum atomic E-state index is 13.1. The third-order valence-electron chi connectivity index (χ3n) is 5.83. The molecule has 0 unspecified atom stereocenters. The summed E-state index contributed by atoms with van der Waals surface area (Å²) in [5.74, 6) is -0.528. The van der Waals surface area contributed by atoms with Gasteiger partial charge in [-0.05, 0) is 28.3 Å². The summed E-state index contributed by atoms with van der Waals surface area (Å²) in [6.07, 6.45) is 0. The first kappa shape index (κ1) is 22.6. The quantitative estimate of drug-likeness (QED) is 0.325. The van der Waals surface area contributed by atoms with Gasteiger partial charge in [-0.3, -0.25) is 13.9 Å². The average Bonchev–Trinajstić information content (AvgIpc) is 3.36. The van der Waals surface area contributed by atoms with Crippen molar-refractivity contribution in [3.8, 4) is 11.1 Å². The number of ether oxygens (including phenoxy) is 1. The second-order valence-electron chi connectivity index (χ2n) is 8.19. The van der Waals surface area contributed by atoms with Crippen LogP contribution in [0, 0.1) is 0 Å². The number of rotatable bonds is 6. The lowest BCUT2D eigenvalue weighted by Gasteiger charge is -2.08. The van der Waals surface area contributed by atoms with Gasteiger partial charge in [0.05, 0.1) is 11.9 Å². The van der Waals surface area contributed by atoms with Crippen molar-refractivity contribution in [1.29, 1.82) is 0 Å². The number of carbonyl (C=O) groups is 1. The topological polar surface area (TPSA) is 70.3 Å². The Bertz CT molecular complexity index is 1620. The first-order chi connectivity index (χ1) is 17.0. The van der Waals surface area contributed by atoms with Crippen molar-refractivity contribution < 1.29 is 9.53 Å². The molecule has 0 saturated carbocycles. The molecule has 0 aliphatic heterocycles. The number of carbonyl (C=O) groups excluding carboxylic acids is 1. The molecule has 0 aliphatic carbocycles. The van der Waals surface area contributed by atoms with E-state index in [0.717, 1.165) is 33.6 Å². The van der Waals surface area contributed by atoms with Crippen LogP contribution in [0.2, 0.25) is 0 Å². The highest BCUT2D eigenvalue weighted by atomic mass is 32.1. The van der Waals surface area contributed by atoms with Crippen LogP contribution in [0.3, 0.4) is 0 Å². The van der Waals surface area contributed by atoms with Gasteiger partial charge in [-0.25, -0.2) is 9.59 Å². The maximum absolute atomic E-state index is 13.1. The summed E-state index contributed by atoms with van der Waals surface area (Å²) in [7, 11) is 1.60. The molecule has 0 aliphatic rings. The molecule has 5 rings (SSSR count). The van der Waals surface area contributed by atoms with Crippen molar-refractivity contribution in [2.75, 3.05) is 0 Å². The molecule has 6 nitrogen and oxygen atoms in total. The van der Waals surface area contributed by atoms with Crippen LogP contribution in [-0.4, -0.2) is 15.1 Å². The second-order valence-corrected chi connectivity index (χ2v) is 9.22. The summed E-state index contributed by atoms with van der Waals surface area (Å²) in [5.41, 5.74) is 3.06. The predicted octanol–water partition coefficient (Wildman–Crippen LogP) is 4.83. The lowest BCUT2D eigenvalue weighted by Crippen LogP contribution is -2.38. The number of esters is 1. The van der Waals surface area contributed by atoms with Crippen LogP contribution in [0.4, 0.5) is 0 Å². The molecular formula is C28H22N2O4S. The Morgan fingerprint density at radius 1 is 0.829 bits per heavy atom. The normalized spacial score (nSPS) is 11.0. The number of hydrogen-bond donors (Lipinski definition) is 0. The maximum Gasteiger partial charge on any atom is 0.348 e. The minimum Gasteiger partial charge on any atom is -0.457 e. The van der Waals surface area contributed by atoms with Gasteiger partial charge >= 0.3 is 11.7 Å². The van der Waals surface area contributed by atoms with E-state index < -0.39 is 17.2 Å². The number of aryl methyl sites for hydroxylation is 1. The van der Waals surface area contributed by atoms with Crippen molar-refractivity contribution in [2.24, 2.45) is 7.05 Å². The SMILES string of the molecule is Cn1c(=O)n(Cc2ccccc2)c(=O)c2cc(C(=O)OCc3ccc(-c4ccccc4)cc3)sc21. The van der Waals surface area contributed by atoms with E-state index in [4.69, 9.17) is 4.74 Å². The zero-order chi connectivity index (χ0) is 24.4. The Morgan fingerprint density at radius 2 is 1.46 bits per heavy atom. The van der Waals surface area contributed by atoms with Gasteiger partial charge in [0, 0.05) is 7.05 Å². The van der Waals surface area contributed by atoms with Gasteiger partial charge in [0.25, 0.3) is 5.56 Å². The lowest BCUT2D eigenvalue weighted by atomic mass is 10.0. The highest BCUT2D eigenvalue weighted by Gasteiger charge is 2.19. The van der Waals surface area contributed by atoms with E-state index in [0.29, 0.717) is 10.2 Å². The minimum atomic E-state index is -0.528. The van der Waals surface area contributed by atoms with E-state index in [1.54, 1.807) is 7.05 Å². The highest BCUT2D eigenvalue weighted by molar-refractivity contribution is 7.20. The molecule has 2 heterocycles. The zero-order valence-corrected chi connectivity index (χ0v) is 19.8. The molecule has 35 heavy (non-hydrogen) atoms. The van der Waals surface area contributed by atoms with Crippen molar-refractivity contribution in [1.82, 2.24) is 9.13 Å². The van der Waals surface area contributed by atoms with E-state index in [9.17, 15) is 14.4 Å². The van der Waals surface area contributed by atoms with E-state index in [1.807, 2.05) is 84.9 Å². The molecular weight excluding hydrogens is 460 g/mol. The fourth-order valence-corrected chi connectivity index (χ4v) is 4.93. The summed E-state index contributed by atoms with van der Waals surface area (Å²) >= 11 is 1.09. The summed E-state index contributed by atoms with van der Waals surface area (Å²) in [5, 5.41) is 0.326. The molecule has 0 fully saturated rings. The number of benzene rings is 3. The second kappa shape index (κ2) is 9.56. The zero-order valence-electron chi connectivity index (χ0n) is 19.0. The van der Waals surface area contributed by atoms with Gasteiger partial charge in [0.15, 0.2) is 0 Å². The van der Waals surface area contributed by atoms with Crippen molar-refractivity contribution in [2.45, 2.75) is 13.2 Å². The Hall–Kier alpha value is -4.23. The van der Waals surface area contributed by atoms with E-state index in [2.05, 4.69) is 0 Å². The number of fused-ring (bicyclic) bond motifs is 1. The smallest absolute Gasteiger partial charge is 0.348 e. The fourth-order valence-electron chi connectivity index (χ4n) is 3.93. The average molecular weight is 483 g/mol. The van der Waals surface area contributed by atoms with Gasteiger partial charge < -0.3 is 4.74 Å². The van der Waals surface area contributed by atoms with Crippen LogP contribution in [0.15, 0.2) is 101 Å². The van der Waals surface area contributed by atoms with Gasteiger partial charge in [-0.15, -0.1) is 11.3 Å². The van der Waals surface area contributed by atoms with Crippen LogP contribution < -0.4 is 11.2 Å². The molecule has 0 spiro atoms. The van der Waals surface area contributed by atoms with Gasteiger partial charge in [-0.2, -0.15) is 0 Å². The van der Waals surface area contributed by atoms with Crippen molar-refractivity contribution in [3.05, 3.63) is 128 Å². The predicted molar refractivity (Wildman–Crippen MR) is 138 cm³/mol. The van der Waals surface area contributed by atoms with E-state index in [-0.39, 0.29) is 18.0 Å². The molecule has 7 heteroatoms. The highest BCUT2D eigenvalue weighted by Crippen LogP contribution is 2.24. The molecule has 5 aromatic rings. The number of thiophene rings is 1. The molecule has 2 aromatic heterocycles. The fraction of sp³-hybridized carbons (Fsp3) is 0.107. The molecule has 3 aromatic carbocycles. The van der Waals surface area contributed by atoms with E-state index >= 15 is 0 Å². The van der Waals surface area contributed by atoms with Crippen LogP contribution in [-0.2, 0) is 24.9 Å². The van der Waals surface area contributed by atoms with Crippen LogP contribution in [0.5, 0.6) is 0 Å². The molecule has 0 amide bonds. The summed E-state index contributed by atoms with van der Waals surface area (Å²) < 4.78 is 8.09. The largest absolute Gasteiger partial charge is 0.457 e. The number of aromatic nitrogens is 2. The van der Waals surface area contributed by atoms with Gasteiger partial charge in [0.1, 0.15) is 16.3 Å². The monoisotopic (exact) mass is 482 g/mol. The molecule has 0 saturated heterocycles. The number of hydrogen-bond acceptors (Lipinski definition) is 5. The van der Waals surface area contributed by atoms with Crippen molar-refractivity contribution >= 4 is 27.5 Å². The standard InChI is InChI=1S/C28H22N2O4S/c1-29-26-23(25(31)30(28(29)33)17-19-8-4-2-5-9-19)16-24(35-26)27(32)34-18-20-12-14-22(15-13-20)21-10-6-3-7-11-21/h2-16H,17-18H2,1H3. The minimum absolute atomic E-state index is 0.110. The first-order valence-corrected chi connectivity index (χ1v) is 11.9. The molecule has 0 atom stereocenters. The van der Waals surface area contributed by atoms with Gasteiger partial charge in [0.2, 0.25) is 0 Å². The van der Waals surface area contributed by atoms with Crippen molar-refractivity contribution in [3.63, 3.8) is 0 Å². The third-order valence-corrected chi connectivity index (χ3v) is 7.02. The Labute approximate surface area is 205 Å².